The van der Waals surface area contributed by atoms with Gasteiger partial charge in [-0.3, -0.25) is 9.59 Å². The largest absolute Gasteiger partial charge is 0.323 e. The Kier molecular flexibility index (Phi) is 6.04. The summed E-state index contributed by atoms with van der Waals surface area (Å²) in [5.74, 6) is -0.429. The standard InChI is InChI=1S/C24H21N3O3S/c1-16-10-12-19(13-11-16)27-22(28)15-21(23(27)29)31-20-9-5-8-18(14-20)26-24(30)25-17-6-3-2-4-7-17/h2-14,21H,15H2,1H3,(H2,25,26,30)/t21-/m0/s1. The van der Waals surface area contributed by atoms with Gasteiger partial charge >= 0.3 is 6.03 Å². The van der Waals surface area contributed by atoms with Crippen molar-refractivity contribution in [1.29, 1.82) is 0 Å². The summed E-state index contributed by atoms with van der Waals surface area (Å²) in [6.45, 7) is 1.96. The Morgan fingerprint density at radius 3 is 2.32 bits per heavy atom. The van der Waals surface area contributed by atoms with E-state index in [1.807, 2.05) is 43.3 Å². The van der Waals surface area contributed by atoms with Crippen LogP contribution in [-0.4, -0.2) is 23.1 Å². The monoisotopic (exact) mass is 431 g/mol. The maximum absolute atomic E-state index is 12.9. The lowest BCUT2D eigenvalue weighted by Crippen LogP contribution is -2.31. The Morgan fingerprint density at radius 1 is 0.903 bits per heavy atom. The van der Waals surface area contributed by atoms with Crippen LogP contribution in [0.2, 0.25) is 0 Å². The quantitative estimate of drug-likeness (QED) is 0.553. The van der Waals surface area contributed by atoms with Crippen molar-refractivity contribution in [3.8, 4) is 0 Å². The molecule has 3 aromatic rings. The Hall–Kier alpha value is -3.58. The number of urea groups is 1. The molecule has 1 aliphatic rings. The Labute approximate surface area is 184 Å². The molecule has 3 aromatic carbocycles. The van der Waals surface area contributed by atoms with Gasteiger partial charge in [0.2, 0.25) is 11.8 Å². The molecule has 156 valence electrons. The number of amides is 4. The van der Waals surface area contributed by atoms with E-state index in [-0.39, 0.29) is 24.3 Å². The van der Waals surface area contributed by atoms with E-state index in [1.54, 1.807) is 42.5 Å². The van der Waals surface area contributed by atoms with Crippen molar-refractivity contribution in [2.45, 2.75) is 23.5 Å². The van der Waals surface area contributed by atoms with Crippen molar-refractivity contribution in [2.75, 3.05) is 15.5 Å². The van der Waals surface area contributed by atoms with Gasteiger partial charge in [0, 0.05) is 22.7 Å². The molecule has 1 heterocycles. The number of carbonyl (C=O) groups is 3. The fraction of sp³-hybridized carbons (Fsp3) is 0.125. The molecule has 7 heteroatoms. The molecule has 0 unspecified atom stereocenters. The summed E-state index contributed by atoms with van der Waals surface area (Å²) in [6, 6.07) is 23.4. The minimum absolute atomic E-state index is 0.142. The number of nitrogens with zero attached hydrogens (tertiary/aromatic N) is 1. The first kappa shape index (κ1) is 20.7. The Bertz CT molecular complexity index is 1120. The molecule has 31 heavy (non-hydrogen) atoms. The molecule has 0 aromatic heterocycles. The third kappa shape index (κ3) is 4.95. The Balaban J connectivity index is 1.41. The second-order valence-electron chi connectivity index (χ2n) is 7.19. The summed E-state index contributed by atoms with van der Waals surface area (Å²) in [7, 11) is 0. The number of aryl methyl sites for hydroxylation is 1. The minimum Gasteiger partial charge on any atom is -0.308 e. The van der Waals surface area contributed by atoms with Crippen molar-refractivity contribution >= 4 is 46.7 Å². The predicted molar refractivity (Wildman–Crippen MR) is 123 cm³/mol. The van der Waals surface area contributed by atoms with Crippen LogP contribution < -0.4 is 15.5 Å². The third-order valence-electron chi connectivity index (χ3n) is 4.80. The number of para-hydroxylation sites is 1. The maximum atomic E-state index is 12.9. The molecule has 0 saturated carbocycles. The number of nitrogens with one attached hydrogen (secondary N) is 2. The van der Waals surface area contributed by atoms with Crippen LogP contribution in [0.15, 0.2) is 83.8 Å². The minimum atomic E-state index is -0.498. The molecule has 0 aliphatic carbocycles. The molecule has 2 N–H and O–H groups in total. The second-order valence-corrected chi connectivity index (χ2v) is 8.46. The molecule has 1 atom stereocenters. The normalized spacial score (nSPS) is 15.8. The Morgan fingerprint density at radius 2 is 1.58 bits per heavy atom. The number of thioether (sulfide) groups is 1. The molecule has 1 fully saturated rings. The van der Waals surface area contributed by atoms with Crippen LogP contribution in [0.1, 0.15) is 12.0 Å². The summed E-state index contributed by atoms with van der Waals surface area (Å²) >= 11 is 1.33. The van der Waals surface area contributed by atoms with Crippen molar-refractivity contribution in [3.05, 3.63) is 84.4 Å². The fourth-order valence-corrected chi connectivity index (χ4v) is 4.40. The molecule has 0 spiro atoms. The van der Waals surface area contributed by atoms with Gasteiger partial charge in [0.05, 0.1) is 10.9 Å². The third-order valence-corrected chi connectivity index (χ3v) is 5.98. The van der Waals surface area contributed by atoms with Crippen molar-refractivity contribution < 1.29 is 14.4 Å². The summed E-state index contributed by atoms with van der Waals surface area (Å²) in [4.78, 5) is 39.6. The smallest absolute Gasteiger partial charge is 0.308 e. The van der Waals surface area contributed by atoms with Gasteiger partial charge in [-0.05, 0) is 49.4 Å². The van der Waals surface area contributed by atoms with Crippen LogP contribution >= 0.6 is 11.8 Å². The summed E-state index contributed by atoms with van der Waals surface area (Å²) < 4.78 is 0. The lowest BCUT2D eigenvalue weighted by Gasteiger charge is -2.15. The van der Waals surface area contributed by atoms with E-state index < -0.39 is 5.25 Å². The first-order valence-corrected chi connectivity index (χ1v) is 10.7. The van der Waals surface area contributed by atoms with E-state index in [0.29, 0.717) is 17.1 Å². The number of hydrogen-bond donors (Lipinski definition) is 2. The topological polar surface area (TPSA) is 78.5 Å². The number of hydrogen-bond acceptors (Lipinski definition) is 4. The zero-order valence-corrected chi connectivity index (χ0v) is 17.7. The van der Waals surface area contributed by atoms with E-state index in [1.165, 1.54) is 16.7 Å². The van der Waals surface area contributed by atoms with Crippen LogP contribution in [-0.2, 0) is 9.59 Å². The van der Waals surface area contributed by atoms with E-state index in [2.05, 4.69) is 10.6 Å². The summed E-state index contributed by atoms with van der Waals surface area (Å²) in [5, 5.41) is 5.05. The van der Waals surface area contributed by atoms with Gasteiger partial charge in [-0.2, -0.15) is 0 Å². The zero-order chi connectivity index (χ0) is 21.8. The van der Waals surface area contributed by atoms with E-state index in [0.717, 1.165) is 10.5 Å². The average molecular weight is 432 g/mol. The van der Waals surface area contributed by atoms with E-state index in [9.17, 15) is 14.4 Å². The molecule has 0 radical (unpaired) electrons. The van der Waals surface area contributed by atoms with Gasteiger partial charge < -0.3 is 10.6 Å². The number of anilines is 3. The highest BCUT2D eigenvalue weighted by Crippen LogP contribution is 2.34. The molecule has 0 bridgehead atoms. The second kappa shape index (κ2) is 9.06. The van der Waals surface area contributed by atoms with Gasteiger partial charge in [-0.25, -0.2) is 9.69 Å². The molecular weight excluding hydrogens is 410 g/mol. The van der Waals surface area contributed by atoms with Crippen LogP contribution in [0, 0.1) is 6.92 Å². The SMILES string of the molecule is Cc1ccc(N2C(=O)C[C@H](Sc3cccc(NC(=O)Nc4ccccc4)c3)C2=O)cc1. The number of imide groups is 1. The number of carbonyl (C=O) groups excluding carboxylic acids is 3. The number of benzene rings is 3. The fourth-order valence-electron chi connectivity index (χ4n) is 3.29. The molecule has 6 nitrogen and oxygen atoms in total. The van der Waals surface area contributed by atoms with Gasteiger partial charge in [0.15, 0.2) is 0 Å². The number of rotatable bonds is 5. The van der Waals surface area contributed by atoms with Crippen LogP contribution in [0.5, 0.6) is 0 Å². The molecular formula is C24H21N3O3S. The van der Waals surface area contributed by atoms with Crippen LogP contribution in [0.4, 0.5) is 21.9 Å². The van der Waals surface area contributed by atoms with Gasteiger partial charge in [-0.15, -0.1) is 11.8 Å². The first-order chi connectivity index (χ1) is 15.0. The highest BCUT2D eigenvalue weighted by molar-refractivity contribution is 8.00. The summed E-state index contributed by atoms with van der Waals surface area (Å²) in [5.41, 5.74) is 2.95. The lowest BCUT2D eigenvalue weighted by atomic mass is 10.2. The van der Waals surface area contributed by atoms with Crippen molar-refractivity contribution in [1.82, 2.24) is 0 Å². The maximum Gasteiger partial charge on any atom is 0.323 e. The van der Waals surface area contributed by atoms with Gasteiger partial charge in [0.1, 0.15) is 0 Å². The van der Waals surface area contributed by atoms with Crippen molar-refractivity contribution in [3.63, 3.8) is 0 Å². The highest BCUT2D eigenvalue weighted by atomic mass is 32.2. The van der Waals surface area contributed by atoms with Crippen LogP contribution in [0.3, 0.4) is 0 Å². The van der Waals surface area contributed by atoms with Crippen LogP contribution in [0.25, 0.3) is 0 Å². The summed E-state index contributed by atoms with van der Waals surface area (Å²) in [6.07, 6.45) is 0.142. The zero-order valence-electron chi connectivity index (χ0n) is 16.9. The highest BCUT2D eigenvalue weighted by Gasteiger charge is 2.40. The lowest BCUT2D eigenvalue weighted by molar-refractivity contribution is -0.121. The average Bonchev–Trinajstić information content (AvgIpc) is 3.02. The van der Waals surface area contributed by atoms with Crippen molar-refractivity contribution in [2.24, 2.45) is 0 Å². The first-order valence-electron chi connectivity index (χ1n) is 9.83. The molecule has 4 rings (SSSR count). The van der Waals surface area contributed by atoms with E-state index in [4.69, 9.17) is 0 Å². The van der Waals surface area contributed by atoms with Gasteiger partial charge in [-0.1, -0.05) is 42.0 Å². The predicted octanol–water partition coefficient (Wildman–Crippen LogP) is 5.06. The molecule has 1 aliphatic heterocycles. The molecule has 1 saturated heterocycles. The molecule has 4 amide bonds. The van der Waals surface area contributed by atoms with Gasteiger partial charge in [0.25, 0.3) is 0 Å². The van der Waals surface area contributed by atoms with E-state index >= 15 is 0 Å².